The number of rotatable bonds is 7. The normalized spacial score (nSPS) is 14.3. The molecule has 1 aliphatic rings. The molecule has 0 unspecified atom stereocenters. The van der Waals surface area contributed by atoms with E-state index in [4.69, 9.17) is 9.47 Å². The number of ether oxygens (including phenoxy) is 2. The Kier molecular flexibility index (Phi) is 6.60. The van der Waals surface area contributed by atoms with Crippen molar-refractivity contribution < 1.29 is 24.0 Å². The van der Waals surface area contributed by atoms with Crippen LogP contribution in [-0.4, -0.2) is 23.8 Å². The molecule has 0 spiro atoms. The van der Waals surface area contributed by atoms with Crippen LogP contribution in [0.2, 0.25) is 0 Å². The number of nitro groups is 1. The molecule has 9 nitrogen and oxygen atoms in total. The highest BCUT2D eigenvalue weighted by atomic mass is 79.9. The lowest BCUT2D eigenvalue weighted by molar-refractivity contribution is -0.384. The van der Waals surface area contributed by atoms with Gasteiger partial charge in [0, 0.05) is 22.2 Å². The quantitative estimate of drug-likeness (QED) is 0.212. The second-order valence-electron chi connectivity index (χ2n) is 7.22. The first-order valence-electron chi connectivity index (χ1n) is 10.0. The predicted octanol–water partition coefficient (Wildman–Crippen LogP) is 4.41. The minimum atomic E-state index is -0.558. The molecule has 34 heavy (non-hydrogen) atoms. The number of para-hydroxylation sites is 1. The summed E-state index contributed by atoms with van der Waals surface area (Å²) in [4.78, 5) is 36.2. The highest BCUT2D eigenvalue weighted by molar-refractivity contribution is 9.10. The summed E-state index contributed by atoms with van der Waals surface area (Å²) in [6.45, 7) is 0.00608. The zero-order valence-corrected chi connectivity index (χ0v) is 19.4. The standard InChI is InChI=1S/C24H18BrN3O6/c1-33-21-13-17(25)11-16(22(21)34-14-15-6-5-9-19(10-15)28(31)32)12-20-23(29)26-27(24(20)30)18-7-3-2-4-8-18/h2-13H,14H2,1H3,(H,26,29)/b20-12+. The summed E-state index contributed by atoms with van der Waals surface area (Å²) in [6, 6.07) is 18.2. The van der Waals surface area contributed by atoms with Gasteiger partial charge in [0.05, 0.1) is 17.7 Å². The molecule has 4 rings (SSSR count). The summed E-state index contributed by atoms with van der Waals surface area (Å²) in [5.74, 6) is -0.432. The van der Waals surface area contributed by atoms with E-state index >= 15 is 0 Å². The molecule has 172 valence electrons. The number of halogens is 1. The van der Waals surface area contributed by atoms with Gasteiger partial charge in [-0.3, -0.25) is 25.1 Å². The Hall–Kier alpha value is -4.18. The Balaban J connectivity index is 1.68. The Morgan fingerprint density at radius 1 is 1.09 bits per heavy atom. The fourth-order valence-corrected chi connectivity index (χ4v) is 3.84. The van der Waals surface area contributed by atoms with Gasteiger partial charge < -0.3 is 9.47 Å². The molecule has 3 aromatic carbocycles. The Labute approximate surface area is 202 Å². The van der Waals surface area contributed by atoms with Crippen LogP contribution in [0, 0.1) is 10.1 Å². The van der Waals surface area contributed by atoms with E-state index in [9.17, 15) is 19.7 Å². The molecule has 1 N–H and O–H groups in total. The number of nitrogens with zero attached hydrogens (tertiary/aromatic N) is 2. The molecule has 0 aliphatic carbocycles. The van der Waals surface area contributed by atoms with E-state index < -0.39 is 16.7 Å². The van der Waals surface area contributed by atoms with Crippen molar-refractivity contribution in [1.82, 2.24) is 5.43 Å². The predicted molar refractivity (Wildman–Crippen MR) is 128 cm³/mol. The van der Waals surface area contributed by atoms with Crippen molar-refractivity contribution in [2.45, 2.75) is 6.61 Å². The summed E-state index contributed by atoms with van der Waals surface area (Å²) in [7, 11) is 1.46. The summed E-state index contributed by atoms with van der Waals surface area (Å²) in [6.07, 6.45) is 1.43. The van der Waals surface area contributed by atoms with Gasteiger partial charge in [0.15, 0.2) is 11.5 Å². The lowest BCUT2D eigenvalue weighted by Crippen LogP contribution is -2.35. The molecule has 1 aliphatic heterocycles. The molecule has 0 radical (unpaired) electrons. The monoisotopic (exact) mass is 523 g/mol. The van der Waals surface area contributed by atoms with Crippen molar-refractivity contribution in [2.75, 3.05) is 12.1 Å². The molecular formula is C24H18BrN3O6. The van der Waals surface area contributed by atoms with Crippen LogP contribution in [0.1, 0.15) is 11.1 Å². The van der Waals surface area contributed by atoms with Crippen molar-refractivity contribution in [3.63, 3.8) is 0 Å². The first-order valence-corrected chi connectivity index (χ1v) is 10.8. The molecule has 0 bridgehead atoms. The number of non-ortho nitro benzene ring substituents is 1. The Morgan fingerprint density at radius 3 is 2.56 bits per heavy atom. The van der Waals surface area contributed by atoms with Crippen LogP contribution in [-0.2, 0) is 16.2 Å². The number of methoxy groups -OCH3 is 1. The highest BCUT2D eigenvalue weighted by Gasteiger charge is 2.34. The maximum absolute atomic E-state index is 13.0. The van der Waals surface area contributed by atoms with Crippen molar-refractivity contribution in [3.05, 3.63) is 98.0 Å². The number of hydrogen-bond donors (Lipinski definition) is 1. The second kappa shape index (κ2) is 9.75. The van der Waals surface area contributed by atoms with Crippen LogP contribution in [0.4, 0.5) is 11.4 Å². The summed E-state index contributed by atoms with van der Waals surface area (Å²) in [5.41, 5.74) is 3.94. The number of amides is 2. The van der Waals surface area contributed by atoms with Crippen LogP contribution in [0.3, 0.4) is 0 Å². The summed E-state index contributed by atoms with van der Waals surface area (Å²) < 4.78 is 12.0. The largest absolute Gasteiger partial charge is 0.493 e. The Bertz CT molecular complexity index is 1310. The minimum absolute atomic E-state index is 0.00608. The van der Waals surface area contributed by atoms with E-state index in [0.29, 0.717) is 27.0 Å². The number of benzene rings is 3. The van der Waals surface area contributed by atoms with Crippen LogP contribution in [0.15, 0.2) is 76.8 Å². The molecule has 1 heterocycles. The minimum Gasteiger partial charge on any atom is -0.493 e. The van der Waals surface area contributed by atoms with Gasteiger partial charge in [-0.25, -0.2) is 5.01 Å². The third-order valence-electron chi connectivity index (χ3n) is 4.98. The van der Waals surface area contributed by atoms with Crippen molar-refractivity contribution in [3.8, 4) is 11.5 Å². The van der Waals surface area contributed by atoms with Gasteiger partial charge in [-0.1, -0.05) is 46.3 Å². The molecule has 1 saturated heterocycles. The summed E-state index contributed by atoms with van der Waals surface area (Å²) >= 11 is 3.40. The first kappa shape index (κ1) is 23.0. The second-order valence-corrected chi connectivity index (χ2v) is 8.13. The van der Waals surface area contributed by atoms with E-state index in [0.717, 1.165) is 0 Å². The fraction of sp³-hybridized carbons (Fsp3) is 0.0833. The van der Waals surface area contributed by atoms with Crippen molar-refractivity contribution in [1.29, 1.82) is 0 Å². The summed E-state index contributed by atoms with van der Waals surface area (Å²) in [5, 5.41) is 12.2. The van der Waals surface area contributed by atoms with Crippen LogP contribution in [0.25, 0.3) is 6.08 Å². The lowest BCUT2D eigenvalue weighted by Gasteiger charge is -2.15. The van der Waals surface area contributed by atoms with Crippen LogP contribution >= 0.6 is 15.9 Å². The van der Waals surface area contributed by atoms with Gasteiger partial charge in [-0.15, -0.1) is 0 Å². The average Bonchev–Trinajstić information content (AvgIpc) is 3.12. The average molecular weight is 524 g/mol. The number of anilines is 1. The number of hydrazine groups is 1. The van der Waals surface area contributed by atoms with Gasteiger partial charge in [-0.05, 0) is 35.9 Å². The van der Waals surface area contributed by atoms with Crippen LogP contribution in [0.5, 0.6) is 11.5 Å². The third-order valence-corrected chi connectivity index (χ3v) is 5.44. The molecule has 0 atom stereocenters. The van der Waals surface area contributed by atoms with E-state index in [1.54, 1.807) is 54.6 Å². The molecule has 1 fully saturated rings. The number of carbonyl (C=O) groups excluding carboxylic acids is 2. The highest BCUT2D eigenvalue weighted by Crippen LogP contribution is 2.37. The maximum Gasteiger partial charge on any atom is 0.282 e. The van der Waals surface area contributed by atoms with E-state index in [1.165, 1.54) is 30.3 Å². The Morgan fingerprint density at radius 2 is 1.85 bits per heavy atom. The molecule has 3 aromatic rings. The van der Waals surface area contributed by atoms with Gasteiger partial charge in [0.1, 0.15) is 12.2 Å². The maximum atomic E-state index is 13.0. The molecule has 10 heteroatoms. The molecule has 0 aromatic heterocycles. The lowest BCUT2D eigenvalue weighted by atomic mass is 10.1. The van der Waals surface area contributed by atoms with Gasteiger partial charge in [0.2, 0.25) is 0 Å². The van der Waals surface area contributed by atoms with Gasteiger partial charge >= 0.3 is 0 Å². The van der Waals surface area contributed by atoms with Crippen molar-refractivity contribution in [2.24, 2.45) is 0 Å². The number of nitrogens with one attached hydrogen (secondary N) is 1. The molecule has 0 saturated carbocycles. The third kappa shape index (κ3) is 4.76. The smallest absolute Gasteiger partial charge is 0.282 e. The number of hydrogen-bond acceptors (Lipinski definition) is 6. The zero-order chi connectivity index (χ0) is 24.2. The van der Waals surface area contributed by atoms with Crippen LogP contribution < -0.4 is 19.9 Å². The van der Waals surface area contributed by atoms with Gasteiger partial charge in [-0.2, -0.15) is 0 Å². The topological polar surface area (TPSA) is 111 Å². The fourth-order valence-electron chi connectivity index (χ4n) is 3.39. The SMILES string of the molecule is COc1cc(Br)cc(/C=C2\C(=O)NN(c3ccccc3)C2=O)c1OCc1cccc([N+](=O)[O-])c1. The van der Waals surface area contributed by atoms with E-state index in [-0.39, 0.29) is 23.6 Å². The molecular weight excluding hydrogens is 506 g/mol. The van der Waals surface area contributed by atoms with E-state index in [2.05, 4.69) is 21.4 Å². The van der Waals surface area contributed by atoms with E-state index in [1.807, 2.05) is 0 Å². The molecule has 2 amide bonds. The number of carbonyl (C=O) groups is 2. The van der Waals surface area contributed by atoms with Crippen molar-refractivity contribution >= 4 is 45.2 Å². The number of nitro benzene ring substituents is 1. The first-order chi connectivity index (χ1) is 16.4. The zero-order valence-electron chi connectivity index (χ0n) is 17.9. The van der Waals surface area contributed by atoms with Gasteiger partial charge in [0.25, 0.3) is 17.5 Å².